The van der Waals surface area contributed by atoms with E-state index >= 15 is 0 Å². The summed E-state index contributed by atoms with van der Waals surface area (Å²) in [6.07, 6.45) is 5.80. The van der Waals surface area contributed by atoms with Crippen LogP contribution in [0.3, 0.4) is 0 Å². The molecule has 5 nitrogen and oxygen atoms in total. The molecule has 1 saturated heterocycles. The molecule has 2 N–H and O–H groups in total. The van der Waals surface area contributed by atoms with Crippen molar-refractivity contribution >= 4 is 17.3 Å². The Kier molecular flexibility index (Phi) is 7.94. The van der Waals surface area contributed by atoms with Crippen LogP contribution in [-0.2, 0) is 19.4 Å². The quantitative estimate of drug-likeness (QED) is 0.532. The van der Waals surface area contributed by atoms with Crippen LogP contribution in [0.4, 0.5) is 8.78 Å². The van der Waals surface area contributed by atoms with Gasteiger partial charge < -0.3 is 10.6 Å². The van der Waals surface area contributed by atoms with Crippen LogP contribution in [0.25, 0.3) is 0 Å². The Morgan fingerprint density at radius 3 is 2.83 bits per heavy atom. The van der Waals surface area contributed by atoms with Crippen LogP contribution < -0.4 is 10.6 Å². The van der Waals surface area contributed by atoms with E-state index in [2.05, 4.69) is 32.4 Å². The molecule has 1 aromatic carbocycles. The minimum absolute atomic E-state index is 0.144. The number of nitrogens with zero attached hydrogens (tertiary/aromatic N) is 3. The van der Waals surface area contributed by atoms with Gasteiger partial charge in [-0.05, 0) is 37.9 Å². The van der Waals surface area contributed by atoms with Crippen molar-refractivity contribution in [3.05, 3.63) is 51.5 Å². The van der Waals surface area contributed by atoms with Gasteiger partial charge in [0.15, 0.2) is 5.96 Å². The molecule has 0 radical (unpaired) electrons. The highest BCUT2D eigenvalue weighted by atomic mass is 32.1. The van der Waals surface area contributed by atoms with Crippen molar-refractivity contribution < 1.29 is 8.78 Å². The standard InChI is InChI=1S/C21H29F2N5S/c1-3-16-12-26-20(29-16)9-10-25-21(24-2)27-15-6-5-11-28(13-15)14-17-18(22)7-4-8-19(17)23/h4,7-8,12,15H,3,5-6,9-11,13-14H2,1-2H3,(H2,24,25,27). The van der Waals surface area contributed by atoms with E-state index in [9.17, 15) is 8.78 Å². The molecule has 2 aromatic rings. The van der Waals surface area contributed by atoms with Crippen LogP contribution in [0.1, 0.15) is 35.2 Å². The van der Waals surface area contributed by atoms with Gasteiger partial charge in [-0.3, -0.25) is 9.89 Å². The Hall–Kier alpha value is -2.06. The third-order valence-electron chi connectivity index (χ3n) is 5.09. The summed E-state index contributed by atoms with van der Waals surface area (Å²) in [5, 5.41) is 7.91. The fourth-order valence-corrected chi connectivity index (χ4v) is 4.39. The number of thiazole rings is 1. The van der Waals surface area contributed by atoms with E-state index in [1.54, 1.807) is 18.4 Å². The van der Waals surface area contributed by atoms with Crippen LogP contribution in [0, 0.1) is 11.6 Å². The van der Waals surface area contributed by atoms with E-state index in [-0.39, 0.29) is 18.2 Å². The number of aliphatic imine (C=N–C) groups is 1. The highest BCUT2D eigenvalue weighted by molar-refractivity contribution is 7.11. The first-order chi connectivity index (χ1) is 14.1. The lowest BCUT2D eigenvalue weighted by Gasteiger charge is -2.34. The van der Waals surface area contributed by atoms with E-state index in [0.717, 1.165) is 56.3 Å². The van der Waals surface area contributed by atoms with Gasteiger partial charge in [0, 0.05) is 55.8 Å². The number of aryl methyl sites for hydroxylation is 1. The van der Waals surface area contributed by atoms with Crippen molar-refractivity contribution in [3.8, 4) is 0 Å². The Labute approximate surface area is 175 Å². The van der Waals surface area contributed by atoms with Crippen molar-refractivity contribution in [1.82, 2.24) is 20.5 Å². The van der Waals surface area contributed by atoms with Gasteiger partial charge >= 0.3 is 0 Å². The predicted octanol–water partition coefficient (Wildman–Crippen LogP) is 3.36. The molecular weight excluding hydrogens is 392 g/mol. The predicted molar refractivity (Wildman–Crippen MR) is 114 cm³/mol. The number of hydrogen-bond donors (Lipinski definition) is 2. The van der Waals surface area contributed by atoms with Crippen LogP contribution in [-0.4, -0.2) is 48.6 Å². The van der Waals surface area contributed by atoms with Crippen molar-refractivity contribution in [3.63, 3.8) is 0 Å². The molecule has 0 amide bonds. The third-order valence-corrected chi connectivity index (χ3v) is 6.30. The first kappa shape index (κ1) is 21.6. The summed E-state index contributed by atoms with van der Waals surface area (Å²) in [5.41, 5.74) is 0.144. The van der Waals surface area contributed by atoms with Crippen LogP contribution in [0.5, 0.6) is 0 Å². The first-order valence-electron chi connectivity index (χ1n) is 10.1. The average molecular weight is 422 g/mol. The van der Waals surface area contributed by atoms with Crippen LogP contribution in [0.2, 0.25) is 0 Å². The number of rotatable bonds is 7. The normalized spacial score (nSPS) is 18.1. The fourth-order valence-electron chi connectivity index (χ4n) is 3.53. The number of halogens is 2. The van der Waals surface area contributed by atoms with E-state index in [1.165, 1.54) is 23.1 Å². The molecule has 0 aliphatic carbocycles. The number of piperidine rings is 1. The maximum absolute atomic E-state index is 14.0. The molecule has 1 atom stereocenters. The zero-order valence-electron chi connectivity index (χ0n) is 17.0. The highest BCUT2D eigenvalue weighted by Crippen LogP contribution is 2.18. The van der Waals surface area contributed by atoms with E-state index < -0.39 is 11.6 Å². The van der Waals surface area contributed by atoms with Gasteiger partial charge in [-0.25, -0.2) is 13.8 Å². The number of benzene rings is 1. The van der Waals surface area contributed by atoms with Crippen molar-refractivity contribution in [2.75, 3.05) is 26.7 Å². The summed E-state index contributed by atoms with van der Waals surface area (Å²) in [5.74, 6) is -0.210. The lowest BCUT2D eigenvalue weighted by molar-refractivity contribution is 0.188. The van der Waals surface area contributed by atoms with Crippen LogP contribution in [0.15, 0.2) is 29.4 Å². The molecule has 2 heterocycles. The van der Waals surface area contributed by atoms with Gasteiger partial charge in [-0.1, -0.05) is 13.0 Å². The molecule has 0 spiro atoms. The summed E-state index contributed by atoms with van der Waals surface area (Å²) in [7, 11) is 1.75. The smallest absolute Gasteiger partial charge is 0.191 e. The van der Waals surface area contributed by atoms with E-state index in [0.29, 0.717) is 0 Å². The molecule has 1 aliphatic heterocycles. The monoisotopic (exact) mass is 421 g/mol. The zero-order valence-corrected chi connectivity index (χ0v) is 17.9. The Bertz CT molecular complexity index is 803. The largest absolute Gasteiger partial charge is 0.356 e. The summed E-state index contributed by atoms with van der Waals surface area (Å²) in [4.78, 5) is 12.1. The molecule has 8 heteroatoms. The molecule has 1 aliphatic rings. The maximum atomic E-state index is 14.0. The summed E-state index contributed by atoms with van der Waals surface area (Å²) in [6.45, 7) is 4.73. The van der Waals surface area contributed by atoms with Gasteiger partial charge in [0.25, 0.3) is 0 Å². The third kappa shape index (κ3) is 6.21. The number of hydrogen-bond acceptors (Lipinski definition) is 4. The molecule has 1 unspecified atom stereocenters. The van der Waals surface area contributed by atoms with Gasteiger partial charge in [-0.2, -0.15) is 0 Å². The first-order valence-corrected chi connectivity index (χ1v) is 11.0. The molecule has 1 fully saturated rings. The van der Waals surface area contributed by atoms with Crippen molar-refractivity contribution in [1.29, 1.82) is 0 Å². The summed E-state index contributed by atoms with van der Waals surface area (Å²) in [6, 6.07) is 4.22. The fraction of sp³-hybridized carbons (Fsp3) is 0.524. The molecule has 158 valence electrons. The average Bonchev–Trinajstić information content (AvgIpc) is 3.18. The second-order valence-electron chi connectivity index (χ2n) is 7.24. The molecule has 0 bridgehead atoms. The molecule has 3 rings (SSSR count). The maximum Gasteiger partial charge on any atom is 0.191 e. The van der Waals surface area contributed by atoms with Crippen molar-refractivity contribution in [2.45, 2.75) is 45.2 Å². The number of likely N-dealkylation sites (tertiary alicyclic amines) is 1. The van der Waals surface area contributed by atoms with Crippen molar-refractivity contribution in [2.24, 2.45) is 4.99 Å². The Balaban J connectivity index is 1.48. The molecule has 29 heavy (non-hydrogen) atoms. The Morgan fingerprint density at radius 1 is 1.34 bits per heavy atom. The number of aromatic nitrogens is 1. The second-order valence-corrected chi connectivity index (χ2v) is 8.44. The molecular formula is C21H29F2N5S. The number of guanidine groups is 1. The lowest BCUT2D eigenvalue weighted by atomic mass is 10.0. The molecule has 0 saturated carbocycles. The second kappa shape index (κ2) is 10.6. The van der Waals surface area contributed by atoms with Gasteiger partial charge in [-0.15, -0.1) is 11.3 Å². The minimum atomic E-state index is -0.481. The highest BCUT2D eigenvalue weighted by Gasteiger charge is 2.22. The minimum Gasteiger partial charge on any atom is -0.356 e. The summed E-state index contributed by atoms with van der Waals surface area (Å²) >= 11 is 1.75. The van der Waals surface area contributed by atoms with E-state index in [4.69, 9.17) is 0 Å². The van der Waals surface area contributed by atoms with Gasteiger partial charge in [0.05, 0.1) is 5.01 Å². The summed E-state index contributed by atoms with van der Waals surface area (Å²) < 4.78 is 27.9. The topological polar surface area (TPSA) is 52.6 Å². The number of nitrogens with one attached hydrogen (secondary N) is 2. The van der Waals surface area contributed by atoms with Crippen LogP contribution >= 0.6 is 11.3 Å². The zero-order chi connectivity index (χ0) is 20.6. The molecule has 1 aromatic heterocycles. The van der Waals surface area contributed by atoms with Gasteiger partial charge in [0.1, 0.15) is 11.6 Å². The SMILES string of the molecule is CCc1cnc(CCNC(=NC)NC2CCCN(Cc3c(F)cccc3F)C2)s1. The van der Waals surface area contributed by atoms with E-state index in [1.807, 2.05) is 6.20 Å². The Morgan fingerprint density at radius 2 is 2.14 bits per heavy atom. The van der Waals surface area contributed by atoms with Gasteiger partial charge in [0.2, 0.25) is 0 Å². The lowest BCUT2D eigenvalue weighted by Crippen LogP contribution is -2.51.